The fourth-order valence-electron chi connectivity index (χ4n) is 2.87. The van der Waals surface area contributed by atoms with Gasteiger partial charge in [0, 0.05) is 13.2 Å². The zero-order valence-electron chi connectivity index (χ0n) is 15.1. The van der Waals surface area contributed by atoms with Gasteiger partial charge in [-0.2, -0.15) is 0 Å². The van der Waals surface area contributed by atoms with Crippen molar-refractivity contribution >= 4 is 5.91 Å². The highest BCUT2D eigenvalue weighted by Gasteiger charge is 2.18. The van der Waals surface area contributed by atoms with Crippen molar-refractivity contribution in [2.24, 2.45) is 0 Å². The van der Waals surface area contributed by atoms with Gasteiger partial charge >= 0.3 is 0 Å². The zero-order chi connectivity index (χ0) is 17.7. The molecule has 1 atom stereocenters. The summed E-state index contributed by atoms with van der Waals surface area (Å²) in [6.45, 7) is 4.18. The van der Waals surface area contributed by atoms with Crippen LogP contribution in [0.15, 0.2) is 60.7 Å². The van der Waals surface area contributed by atoms with Crippen LogP contribution in [0.5, 0.6) is 0 Å². The van der Waals surface area contributed by atoms with E-state index in [-0.39, 0.29) is 11.8 Å². The number of hydrogen-bond donors (Lipinski definition) is 1. The molecule has 0 fully saturated rings. The Hall–Kier alpha value is -2.13. The Morgan fingerprint density at radius 1 is 1.00 bits per heavy atom. The fraction of sp³-hybridized carbons (Fsp3) is 0.409. The molecule has 3 nitrogen and oxygen atoms in total. The summed E-state index contributed by atoms with van der Waals surface area (Å²) in [5.74, 6) is 0.0718. The number of rotatable bonds is 11. The van der Waals surface area contributed by atoms with Crippen LogP contribution in [0.25, 0.3) is 0 Å². The monoisotopic (exact) mass is 339 g/mol. The van der Waals surface area contributed by atoms with E-state index >= 15 is 0 Å². The van der Waals surface area contributed by atoms with Crippen LogP contribution in [0.1, 0.15) is 43.2 Å². The highest BCUT2D eigenvalue weighted by Crippen LogP contribution is 2.21. The summed E-state index contributed by atoms with van der Waals surface area (Å²) in [6.07, 6.45) is 3.65. The molecule has 0 spiro atoms. The Morgan fingerprint density at radius 2 is 1.68 bits per heavy atom. The molecular formula is C22H29NO2. The van der Waals surface area contributed by atoms with Crippen LogP contribution < -0.4 is 5.32 Å². The van der Waals surface area contributed by atoms with Gasteiger partial charge in [-0.05, 0) is 30.4 Å². The van der Waals surface area contributed by atoms with Gasteiger partial charge in [0.2, 0.25) is 5.91 Å². The van der Waals surface area contributed by atoms with Crippen molar-refractivity contribution < 1.29 is 9.53 Å². The third-order valence-corrected chi connectivity index (χ3v) is 4.24. The predicted molar refractivity (Wildman–Crippen MR) is 103 cm³/mol. The smallest absolute Gasteiger partial charge is 0.227 e. The standard InChI is InChI=1S/C22H29NO2/c1-2-10-21(20-13-7-4-8-14-20)22(24)23-16-9-17-25-18-15-19-11-5-3-6-12-19/h3-8,11-14,21H,2,9-10,15-18H2,1H3,(H,23,24). The van der Waals surface area contributed by atoms with Gasteiger partial charge in [0.25, 0.3) is 0 Å². The SMILES string of the molecule is CCCC(C(=O)NCCCOCCc1ccccc1)c1ccccc1. The largest absolute Gasteiger partial charge is 0.381 e. The summed E-state index contributed by atoms with van der Waals surface area (Å²) in [5, 5.41) is 3.06. The molecule has 0 bridgehead atoms. The molecule has 2 aromatic carbocycles. The van der Waals surface area contributed by atoms with E-state index in [0.29, 0.717) is 13.2 Å². The third-order valence-electron chi connectivity index (χ3n) is 4.24. The van der Waals surface area contributed by atoms with Gasteiger partial charge in [-0.15, -0.1) is 0 Å². The van der Waals surface area contributed by atoms with Gasteiger partial charge in [-0.25, -0.2) is 0 Å². The number of hydrogen-bond acceptors (Lipinski definition) is 2. The molecule has 2 rings (SSSR count). The van der Waals surface area contributed by atoms with Crippen LogP contribution in [-0.2, 0) is 16.0 Å². The Bertz CT molecular complexity index is 598. The minimum Gasteiger partial charge on any atom is -0.381 e. The molecule has 0 radical (unpaired) electrons. The lowest BCUT2D eigenvalue weighted by molar-refractivity contribution is -0.122. The van der Waals surface area contributed by atoms with Gasteiger partial charge in [-0.1, -0.05) is 74.0 Å². The number of nitrogens with one attached hydrogen (secondary N) is 1. The average molecular weight is 339 g/mol. The molecule has 0 heterocycles. The summed E-state index contributed by atoms with van der Waals surface area (Å²) >= 11 is 0. The molecule has 3 heteroatoms. The van der Waals surface area contributed by atoms with Crippen molar-refractivity contribution in [1.29, 1.82) is 0 Å². The first-order valence-electron chi connectivity index (χ1n) is 9.25. The summed E-state index contributed by atoms with van der Waals surface area (Å²) < 4.78 is 5.66. The number of ether oxygens (including phenoxy) is 1. The summed E-state index contributed by atoms with van der Waals surface area (Å²) in [7, 11) is 0. The first-order chi connectivity index (χ1) is 12.3. The molecule has 1 unspecified atom stereocenters. The Labute approximate surface area is 151 Å². The molecule has 0 saturated carbocycles. The maximum absolute atomic E-state index is 12.5. The van der Waals surface area contributed by atoms with Gasteiger partial charge in [0.05, 0.1) is 12.5 Å². The van der Waals surface area contributed by atoms with E-state index in [1.165, 1.54) is 5.56 Å². The number of carbonyl (C=O) groups is 1. The van der Waals surface area contributed by atoms with E-state index in [0.717, 1.165) is 37.9 Å². The maximum atomic E-state index is 12.5. The normalized spacial score (nSPS) is 11.9. The Kier molecular flexibility index (Phi) is 8.78. The van der Waals surface area contributed by atoms with Crippen LogP contribution in [0.2, 0.25) is 0 Å². The molecule has 1 N–H and O–H groups in total. The van der Waals surface area contributed by atoms with Crippen molar-refractivity contribution in [3.8, 4) is 0 Å². The van der Waals surface area contributed by atoms with Crippen molar-refractivity contribution in [2.75, 3.05) is 19.8 Å². The number of benzene rings is 2. The van der Waals surface area contributed by atoms with Gasteiger partial charge in [-0.3, -0.25) is 4.79 Å². The highest BCUT2D eigenvalue weighted by molar-refractivity contribution is 5.83. The van der Waals surface area contributed by atoms with Crippen molar-refractivity contribution in [3.05, 3.63) is 71.8 Å². The lowest BCUT2D eigenvalue weighted by Gasteiger charge is -2.16. The quantitative estimate of drug-likeness (QED) is 0.619. The summed E-state index contributed by atoms with van der Waals surface area (Å²) in [4.78, 5) is 12.5. The topological polar surface area (TPSA) is 38.3 Å². The zero-order valence-corrected chi connectivity index (χ0v) is 15.1. The van der Waals surface area contributed by atoms with Crippen LogP contribution in [0.3, 0.4) is 0 Å². The third kappa shape index (κ3) is 7.10. The van der Waals surface area contributed by atoms with E-state index in [4.69, 9.17) is 4.74 Å². The molecule has 25 heavy (non-hydrogen) atoms. The van der Waals surface area contributed by atoms with Crippen molar-refractivity contribution in [1.82, 2.24) is 5.32 Å². The molecule has 0 aliphatic heterocycles. The van der Waals surface area contributed by atoms with E-state index < -0.39 is 0 Å². The fourth-order valence-corrected chi connectivity index (χ4v) is 2.87. The van der Waals surface area contributed by atoms with E-state index in [1.807, 2.05) is 48.5 Å². The molecule has 2 aromatic rings. The summed E-state index contributed by atoms with van der Waals surface area (Å²) in [6, 6.07) is 20.4. The number of carbonyl (C=O) groups excluding carboxylic acids is 1. The first kappa shape index (κ1) is 19.2. The van der Waals surface area contributed by atoms with Gasteiger partial charge < -0.3 is 10.1 Å². The van der Waals surface area contributed by atoms with Crippen molar-refractivity contribution in [2.45, 2.75) is 38.5 Å². The van der Waals surface area contributed by atoms with E-state index in [1.54, 1.807) is 0 Å². The second-order valence-electron chi connectivity index (χ2n) is 6.24. The first-order valence-corrected chi connectivity index (χ1v) is 9.25. The predicted octanol–water partition coefficient (Wildman–Crippen LogP) is 4.34. The molecule has 1 amide bonds. The molecule has 134 valence electrons. The maximum Gasteiger partial charge on any atom is 0.227 e. The van der Waals surface area contributed by atoms with Gasteiger partial charge in [0.1, 0.15) is 0 Å². The Morgan fingerprint density at radius 3 is 2.36 bits per heavy atom. The van der Waals surface area contributed by atoms with E-state index in [2.05, 4.69) is 24.4 Å². The lowest BCUT2D eigenvalue weighted by atomic mass is 9.93. The number of amides is 1. The second kappa shape index (κ2) is 11.4. The Balaban J connectivity index is 1.62. The molecule has 0 aliphatic rings. The minimum absolute atomic E-state index is 0.0507. The minimum atomic E-state index is -0.0507. The molecule has 0 aromatic heterocycles. The van der Waals surface area contributed by atoms with Crippen molar-refractivity contribution in [3.63, 3.8) is 0 Å². The second-order valence-corrected chi connectivity index (χ2v) is 6.24. The molecule has 0 aliphatic carbocycles. The van der Waals surface area contributed by atoms with Crippen LogP contribution >= 0.6 is 0 Å². The van der Waals surface area contributed by atoms with Crippen LogP contribution in [0.4, 0.5) is 0 Å². The molecular weight excluding hydrogens is 310 g/mol. The highest BCUT2D eigenvalue weighted by atomic mass is 16.5. The van der Waals surface area contributed by atoms with E-state index in [9.17, 15) is 4.79 Å². The average Bonchev–Trinajstić information content (AvgIpc) is 2.66. The molecule has 0 saturated heterocycles. The lowest BCUT2D eigenvalue weighted by Crippen LogP contribution is -2.30. The van der Waals surface area contributed by atoms with Gasteiger partial charge in [0.15, 0.2) is 0 Å². The van der Waals surface area contributed by atoms with Crippen LogP contribution in [0, 0.1) is 0 Å². The van der Waals surface area contributed by atoms with Crippen LogP contribution in [-0.4, -0.2) is 25.7 Å². The summed E-state index contributed by atoms with van der Waals surface area (Å²) in [5.41, 5.74) is 2.39.